The van der Waals surface area contributed by atoms with E-state index in [9.17, 15) is 4.79 Å². The summed E-state index contributed by atoms with van der Waals surface area (Å²) in [5.74, 6) is 1.22. The number of imidazole rings is 1. The zero-order chi connectivity index (χ0) is 17.1. The molecule has 0 radical (unpaired) electrons. The lowest BCUT2D eigenvalue weighted by Gasteiger charge is -2.07. The van der Waals surface area contributed by atoms with Gasteiger partial charge >= 0.3 is 0 Å². The molecule has 1 amide bonds. The van der Waals surface area contributed by atoms with E-state index in [-0.39, 0.29) is 5.91 Å². The highest BCUT2D eigenvalue weighted by atomic mass is 16.5. The van der Waals surface area contributed by atoms with E-state index in [2.05, 4.69) is 10.3 Å². The number of para-hydroxylation sites is 1. The van der Waals surface area contributed by atoms with Gasteiger partial charge in [-0.25, -0.2) is 4.98 Å². The van der Waals surface area contributed by atoms with Gasteiger partial charge in [0.1, 0.15) is 22.8 Å². The predicted molar refractivity (Wildman–Crippen MR) is 96.1 cm³/mol. The largest absolute Gasteiger partial charge is 0.457 e. The number of carbonyl (C=O) groups is 1. The molecule has 1 N–H and O–H groups in total. The minimum Gasteiger partial charge on any atom is -0.457 e. The third-order valence-corrected chi connectivity index (χ3v) is 3.69. The minimum absolute atomic E-state index is 0.250. The molecule has 4 aromatic rings. The van der Waals surface area contributed by atoms with Crippen molar-refractivity contribution in [3.63, 3.8) is 0 Å². The fourth-order valence-electron chi connectivity index (χ4n) is 2.47. The van der Waals surface area contributed by atoms with E-state index in [1.165, 1.54) is 0 Å². The topological polar surface area (TPSA) is 55.6 Å². The van der Waals surface area contributed by atoms with Crippen molar-refractivity contribution in [3.05, 3.63) is 90.9 Å². The summed E-state index contributed by atoms with van der Waals surface area (Å²) in [5, 5.41) is 2.84. The van der Waals surface area contributed by atoms with Gasteiger partial charge in [0.05, 0.1) is 0 Å². The SMILES string of the molecule is O=C(Nc1ccc(Oc2ccccc2)cc1)c1cn2ccccc2n1. The van der Waals surface area contributed by atoms with E-state index in [0.29, 0.717) is 17.1 Å². The monoisotopic (exact) mass is 329 g/mol. The van der Waals surface area contributed by atoms with Crippen LogP contribution in [0.1, 0.15) is 10.5 Å². The first kappa shape index (κ1) is 15.0. The number of amides is 1. The van der Waals surface area contributed by atoms with Gasteiger partial charge in [0, 0.05) is 18.1 Å². The number of rotatable bonds is 4. The van der Waals surface area contributed by atoms with Crippen LogP contribution < -0.4 is 10.1 Å². The Labute approximate surface area is 144 Å². The molecule has 0 bridgehead atoms. The Balaban J connectivity index is 1.46. The summed E-state index contributed by atoms with van der Waals surface area (Å²) in [6.07, 6.45) is 3.56. The highest BCUT2D eigenvalue weighted by Crippen LogP contribution is 2.22. The van der Waals surface area contributed by atoms with Crippen LogP contribution in [0.3, 0.4) is 0 Å². The maximum Gasteiger partial charge on any atom is 0.275 e. The molecule has 5 nitrogen and oxygen atoms in total. The van der Waals surface area contributed by atoms with E-state index < -0.39 is 0 Å². The number of pyridine rings is 1. The molecule has 5 heteroatoms. The number of aromatic nitrogens is 2. The van der Waals surface area contributed by atoms with Gasteiger partial charge in [-0.15, -0.1) is 0 Å². The number of anilines is 1. The van der Waals surface area contributed by atoms with Crippen LogP contribution in [0.5, 0.6) is 11.5 Å². The molecular weight excluding hydrogens is 314 g/mol. The average molecular weight is 329 g/mol. The van der Waals surface area contributed by atoms with Crippen molar-refractivity contribution in [1.82, 2.24) is 9.38 Å². The zero-order valence-corrected chi connectivity index (χ0v) is 13.3. The summed E-state index contributed by atoms with van der Waals surface area (Å²) in [6.45, 7) is 0. The Bertz CT molecular complexity index is 975. The number of hydrogen-bond acceptors (Lipinski definition) is 3. The second kappa shape index (κ2) is 6.49. The van der Waals surface area contributed by atoms with Crippen molar-refractivity contribution >= 4 is 17.2 Å². The van der Waals surface area contributed by atoms with Crippen molar-refractivity contribution in [1.29, 1.82) is 0 Å². The summed E-state index contributed by atoms with van der Waals surface area (Å²) in [7, 11) is 0. The number of benzene rings is 2. The first-order valence-electron chi connectivity index (χ1n) is 7.86. The fraction of sp³-hybridized carbons (Fsp3) is 0. The highest BCUT2D eigenvalue weighted by molar-refractivity contribution is 6.03. The number of hydrogen-bond donors (Lipinski definition) is 1. The molecule has 0 atom stereocenters. The van der Waals surface area contributed by atoms with Crippen molar-refractivity contribution in [2.75, 3.05) is 5.32 Å². The van der Waals surface area contributed by atoms with Crippen LogP contribution in [-0.2, 0) is 0 Å². The van der Waals surface area contributed by atoms with Gasteiger partial charge in [-0.05, 0) is 48.5 Å². The van der Waals surface area contributed by atoms with Crippen LogP contribution in [0.4, 0.5) is 5.69 Å². The maximum absolute atomic E-state index is 12.3. The van der Waals surface area contributed by atoms with Gasteiger partial charge in [-0.2, -0.15) is 0 Å². The Morgan fingerprint density at radius 2 is 1.60 bits per heavy atom. The summed E-state index contributed by atoms with van der Waals surface area (Å²) in [5.41, 5.74) is 1.79. The molecule has 2 heterocycles. The molecule has 0 aliphatic rings. The molecule has 0 aliphatic heterocycles. The van der Waals surface area contributed by atoms with Crippen LogP contribution in [0.25, 0.3) is 5.65 Å². The van der Waals surface area contributed by atoms with Crippen molar-refractivity contribution in [2.24, 2.45) is 0 Å². The minimum atomic E-state index is -0.250. The molecule has 0 saturated heterocycles. The quantitative estimate of drug-likeness (QED) is 0.604. The first-order valence-corrected chi connectivity index (χ1v) is 7.86. The molecular formula is C20H15N3O2. The van der Waals surface area contributed by atoms with Gasteiger partial charge in [-0.1, -0.05) is 24.3 Å². The van der Waals surface area contributed by atoms with Gasteiger partial charge in [-0.3, -0.25) is 4.79 Å². The zero-order valence-electron chi connectivity index (χ0n) is 13.3. The fourth-order valence-corrected chi connectivity index (χ4v) is 2.47. The van der Waals surface area contributed by atoms with Crippen molar-refractivity contribution in [3.8, 4) is 11.5 Å². The molecule has 2 aromatic heterocycles. The van der Waals surface area contributed by atoms with Gasteiger partial charge in [0.15, 0.2) is 0 Å². The highest BCUT2D eigenvalue weighted by Gasteiger charge is 2.10. The molecule has 0 unspecified atom stereocenters. The second-order valence-corrected chi connectivity index (χ2v) is 5.49. The molecule has 0 saturated carbocycles. The molecule has 0 spiro atoms. The number of nitrogens with one attached hydrogen (secondary N) is 1. The molecule has 122 valence electrons. The summed E-state index contributed by atoms with van der Waals surface area (Å²) in [6, 6.07) is 22.4. The van der Waals surface area contributed by atoms with Crippen LogP contribution in [-0.4, -0.2) is 15.3 Å². The molecule has 4 rings (SSSR count). The van der Waals surface area contributed by atoms with E-state index in [4.69, 9.17) is 4.74 Å². The van der Waals surface area contributed by atoms with Crippen LogP contribution in [0.15, 0.2) is 85.2 Å². The van der Waals surface area contributed by atoms with Crippen LogP contribution in [0, 0.1) is 0 Å². The van der Waals surface area contributed by atoms with E-state index in [1.54, 1.807) is 18.3 Å². The maximum atomic E-state index is 12.3. The van der Waals surface area contributed by atoms with Gasteiger partial charge < -0.3 is 14.5 Å². The van der Waals surface area contributed by atoms with Crippen LogP contribution in [0.2, 0.25) is 0 Å². The number of ether oxygens (including phenoxy) is 1. The lowest BCUT2D eigenvalue weighted by molar-refractivity contribution is 0.102. The normalized spacial score (nSPS) is 10.6. The first-order chi connectivity index (χ1) is 12.3. The Kier molecular flexibility index (Phi) is 3.88. The number of fused-ring (bicyclic) bond motifs is 1. The summed E-state index contributed by atoms with van der Waals surface area (Å²) >= 11 is 0. The van der Waals surface area contributed by atoms with Gasteiger partial charge in [0.2, 0.25) is 0 Å². The Morgan fingerprint density at radius 3 is 2.36 bits per heavy atom. The third-order valence-electron chi connectivity index (χ3n) is 3.69. The summed E-state index contributed by atoms with van der Waals surface area (Å²) in [4.78, 5) is 16.6. The lowest BCUT2D eigenvalue weighted by Crippen LogP contribution is -2.12. The molecule has 0 fully saturated rings. The van der Waals surface area contributed by atoms with Gasteiger partial charge in [0.25, 0.3) is 5.91 Å². The molecule has 2 aromatic carbocycles. The number of nitrogens with zero attached hydrogens (tertiary/aromatic N) is 2. The lowest BCUT2D eigenvalue weighted by atomic mass is 10.3. The van der Waals surface area contributed by atoms with E-state index in [0.717, 1.165) is 11.4 Å². The molecule has 25 heavy (non-hydrogen) atoms. The standard InChI is InChI=1S/C20H15N3O2/c24-20(18-14-23-13-5-4-8-19(23)22-18)21-15-9-11-17(12-10-15)25-16-6-2-1-3-7-16/h1-14H,(H,21,24). The van der Waals surface area contributed by atoms with E-state index in [1.807, 2.05) is 71.3 Å². The Morgan fingerprint density at radius 1 is 0.880 bits per heavy atom. The third kappa shape index (κ3) is 3.35. The van der Waals surface area contributed by atoms with Crippen molar-refractivity contribution in [2.45, 2.75) is 0 Å². The smallest absolute Gasteiger partial charge is 0.275 e. The molecule has 0 aliphatic carbocycles. The Hall–Kier alpha value is -3.60. The predicted octanol–water partition coefficient (Wildman–Crippen LogP) is 4.38. The van der Waals surface area contributed by atoms with Crippen LogP contribution >= 0.6 is 0 Å². The number of carbonyl (C=O) groups excluding carboxylic acids is 1. The summed E-state index contributed by atoms with van der Waals surface area (Å²) < 4.78 is 7.55. The second-order valence-electron chi connectivity index (χ2n) is 5.49. The van der Waals surface area contributed by atoms with Crippen molar-refractivity contribution < 1.29 is 9.53 Å². The van der Waals surface area contributed by atoms with E-state index >= 15 is 0 Å². The average Bonchev–Trinajstić information content (AvgIpc) is 3.09.